The number of hydrogen-bond donors (Lipinski definition) is 1. The van der Waals surface area contributed by atoms with Crippen LogP contribution in [0.2, 0.25) is 0 Å². The van der Waals surface area contributed by atoms with E-state index in [1.54, 1.807) is 0 Å². The molecule has 3 unspecified atom stereocenters. The maximum Gasteiger partial charge on any atom is 0.309 e. The van der Waals surface area contributed by atoms with Gasteiger partial charge < -0.3 is 14.8 Å². The van der Waals surface area contributed by atoms with Gasteiger partial charge in [0, 0.05) is 18.7 Å². The zero-order valence-corrected chi connectivity index (χ0v) is 11.9. The SMILES string of the molecule is CCOCC(NC(C)C(C)C(=O)OC)C(C)C. The summed E-state index contributed by atoms with van der Waals surface area (Å²) in [5.41, 5.74) is 0. The summed E-state index contributed by atoms with van der Waals surface area (Å²) in [7, 11) is 1.42. The zero-order valence-electron chi connectivity index (χ0n) is 11.9. The minimum atomic E-state index is -0.177. The molecule has 4 heteroatoms. The summed E-state index contributed by atoms with van der Waals surface area (Å²) in [5, 5.41) is 3.44. The average molecular weight is 245 g/mol. The molecule has 1 N–H and O–H groups in total. The standard InChI is InChI=1S/C13H27NO3/c1-7-17-8-12(9(2)3)14-11(5)10(4)13(15)16-6/h9-12,14H,7-8H2,1-6H3. The Kier molecular flexibility index (Phi) is 8.17. The van der Waals surface area contributed by atoms with Gasteiger partial charge in [-0.2, -0.15) is 0 Å². The van der Waals surface area contributed by atoms with Crippen molar-refractivity contribution in [2.75, 3.05) is 20.3 Å². The quantitative estimate of drug-likeness (QED) is 0.663. The Hall–Kier alpha value is -0.610. The first kappa shape index (κ1) is 16.4. The summed E-state index contributed by atoms with van der Waals surface area (Å²) in [6.45, 7) is 11.5. The van der Waals surface area contributed by atoms with Gasteiger partial charge in [-0.3, -0.25) is 4.79 Å². The fourth-order valence-corrected chi connectivity index (χ4v) is 1.55. The maximum absolute atomic E-state index is 11.4. The second kappa shape index (κ2) is 8.48. The minimum Gasteiger partial charge on any atom is -0.469 e. The highest BCUT2D eigenvalue weighted by Gasteiger charge is 2.24. The first-order valence-electron chi connectivity index (χ1n) is 6.35. The first-order valence-corrected chi connectivity index (χ1v) is 6.35. The number of methoxy groups -OCH3 is 1. The van der Waals surface area contributed by atoms with Gasteiger partial charge in [-0.25, -0.2) is 0 Å². The molecule has 0 saturated carbocycles. The molecule has 0 rings (SSSR count). The van der Waals surface area contributed by atoms with E-state index in [2.05, 4.69) is 19.2 Å². The topological polar surface area (TPSA) is 47.6 Å². The summed E-state index contributed by atoms with van der Waals surface area (Å²) in [4.78, 5) is 11.4. The van der Waals surface area contributed by atoms with E-state index in [1.807, 2.05) is 20.8 Å². The van der Waals surface area contributed by atoms with Gasteiger partial charge in [0.15, 0.2) is 0 Å². The summed E-state index contributed by atoms with van der Waals surface area (Å²) >= 11 is 0. The highest BCUT2D eigenvalue weighted by molar-refractivity contribution is 5.72. The van der Waals surface area contributed by atoms with Crippen molar-refractivity contribution in [2.45, 2.75) is 46.7 Å². The van der Waals surface area contributed by atoms with Gasteiger partial charge >= 0.3 is 5.97 Å². The van der Waals surface area contributed by atoms with Gasteiger partial charge in [-0.1, -0.05) is 20.8 Å². The molecule has 0 heterocycles. The average Bonchev–Trinajstić information content (AvgIpc) is 2.31. The second-order valence-corrected chi connectivity index (χ2v) is 4.78. The number of hydrogen-bond acceptors (Lipinski definition) is 4. The number of esters is 1. The number of ether oxygens (including phenoxy) is 2. The molecule has 17 heavy (non-hydrogen) atoms. The molecule has 0 amide bonds. The molecule has 0 saturated heterocycles. The number of rotatable bonds is 8. The summed E-state index contributed by atoms with van der Waals surface area (Å²) in [5.74, 6) is 0.139. The molecule has 0 aliphatic heterocycles. The Morgan fingerprint density at radius 2 is 1.82 bits per heavy atom. The molecule has 0 spiro atoms. The van der Waals surface area contributed by atoms with Crippen LogP contribution in [-0.2, 0) is 14.3 Å². The van der Waals surface area contributed by atoms with E-state index in [0.29, 0.717) is 19.1 Å². The lowest BCUT2D eigenvalue weighted by Gasteiger charge is -2.28. The third-order valence-corrected chi connectivity index (χ3v) is 3.11. The Balaban J connectivity index is 4.28. The lowest BCUT2D eigenvalue weighted by molar-refractivity contribution is -0.145. The van der Waals surface area contributed by atoms with Crippen molar-refractivity contribution >= 4 is 5.97 Å². The van der Waals surface area contributed by atoms with E-state index >= 15 is 0 Å². The number of carbonyl (C=O) groups excluding carboxylic acids is 1. The van der Waals surface area contributed by atoms with Gasteiger partial charge in [0.05, 0.1) is 19.6 Å². The zero-order chi connectivity index (χ0) is 13.4. The van der Waals surface area contributed by atoms with Crippen molar-refractivity contribution in [3.05, 3.63) is 0 Å². The van der Waals surface area contributed by atoms with Gasteiger partial charge in [-0.05, 0) is 19.8 Å². The van der Waals surface area contributed by atoms with Gasteiger partial charge in [0.1, 0.15) is 0 Å². The Labute approximate surface area is 105 Å². The Morgan fingerprint density at radius 3 is 2.24 bits per heavy atom. The normalized spacial score (nSPS) is 16.6. The molecule has 0 aromatic heterocycles. The molecule has 0 radical (unpaired) electrons. The Bertz CT molecular complexity index is 219. The van der Waals surface area contributed by atoms with E-state index in [9.17, 15) is 4.79 Å². The van der Waals surface area contributed by atoms with Crippen LogP contribution in [0.15, 0.2) is 0 Å². The molecule has 3 atom stereocenters. The lowest BCUT2D eigenvalue weighted by Crippen LogP contribution is -2.47. The summed E-state index contributed by atoms with van der Waals surface area (Å²) in [6, 6.07) is 0.340. The highest BCUT2D eigenvalue weighted by atomic mass is 16.5. The van der Waals surface area contributed by atoms with Gasteiger partial charge in [0.25, 0.3) is 0 Å². The number of nitrogens with one attached hydrogen (secondary N) is 1. The molecular formula is C13H27NO3. The predicted octanol–water partition coefficient (Wildman–Crippen LogP) is 1.83. The third kappa shape index (κ3) is 6.03. The fraction of sp³-hybridized carbons (Fsp3) is 0.923. The smallest absolute Gasteiger partial charge is 0.309 e. The molecular weight excluding hydrogens is 218 g/mol. The molecule has 0 aliphatic rings. The monoisotopic (exact) mass is 245 g/mol. The molecule has 0 aromatic carbocycles. The van der Waals surface area contributed by atoms with Crippen LogP contribution in [0.1, 0.15) is 34.6 Å². The molecule has 4 nitrogen and oxygen atoms in total. The van der Waals surface area contributed by atoms with Crippen LogP contribution in [0, 0.1) is 11.8 Å². The van der Waals surface area contributed by atoms with Gasteiger partial charge in [-0.15, -0.1) is 0 Å². The third-order valence-electron chi connectivity index (χ3n) is 3.11. The molecule has 0 aliphatic carbocycles. The minimum absolute atomic E-state index is 0.0790. The largest absolute Gasteiger partial charge is 0.469 e. The maximum atomic E-state index is 11.4. The fourth-order valence-electron chi connectivity index (χ4n) is 1.55. The summed E-state index contributed by atoms with van der Waals surface area (Å²) in [6.07, 6.45) is 0. The van der Waals surface area contributed by atoms with E-state index in [4.69, 9.17) is 9.47 Å². The van der Waals surface area contributed by atoms with Crippen molar-refractivity contribution < 1.29 is 14.3 Å². The van der Waals surface area contributed by atoms with E-state index < -0.39 is 0 Å². The van der Waals surface area contributed by atoms with Crippen molar-refractivity contribution in [1.82, 2.24) is 5.32 Å². The van der Waals surface area contributed by atoms with E-state index in [-0.39, 0.29) is 24.0 Å². The molecule has 0 aromatic rings. The Morgan fingerprint density at radius 1 is 1.24 bits per heavy atom. The van der Waals surface area contributed by atoms with Crippen molar-refractivity contribution in [2.24, 2.45) is 11.8 Å². The van der Waals surface area contributed by atoms with Crippen LogP contribution >= 0.6 is 0 Å². The van der Waals surface area contributed by atoms with Crippen LogP contribution in [0.5, 0.6) is 0 Å². The first-order chi connectivity index (χ1) is 7.93. The van der Waals surface area contributed by atoms with Gasteiger partial charge in [0.2, 0.25) is 0 Å². The second-order valence-electron chi connectivity index (χ2n) is 4.78. The van der Waals surface area contributed by atoms with Crippen LogP contribution in [-0.4, -0.2) is 38.4 Å². The van der Waals surface area contributed by atoms with Crippen LogP contribution in [0.25, 0.3) is 0 Å². The number of carbonyl (C=O) groups is 1. The van der Waals surface area contributed by atoms with E-state index in [1.165, 1.54) is 7.11 Å². The van der Waals surface area contributed by atoms with Crippen molar-refractivity contribution in [3.63, 3.8) is 0 Å². The molecule has 0 fully saturated rings. The molecule has 0 bridgehead atoms. The van der Waals surface area contributed by atoms with Crippen LogP contribution in [0.3, 0.4) is 0 Å². The highest BCUT2D eigenvalue weighted by Crippen LogP contribution is 2.09. The lowest BCUT2D eigenvalue weighted by atomic mass is 9.99. The summed E-state index contributed by atoms with van der Waals surface area (Å²) < 4.78 is 10.2. The van der Waals surface area contributed by atoms with Crippen molar-refractivity contribution in [3.8, 4) is 0 Å². The van der Waals surface area contributed by atoms with Crippen LogP contribution in [0.4, 0.5) is 0 Å². The van der Waals surface area contributed by atoms with Crippen LogP contribution < -0.4 is 5.32 Å². The van der Waals surface area contributed by atoms with Crippen molar-refractivity contribution in [1.29, 1.82) is 0 Å². The van der Waals surface area contributed by atoms with E-state index in [0.717, 1.165) is 0 Å². The predicted molar refractivity (Wildman–Crippen MR) is 68.9 cm³/mol. The molecule has 102 valence electrons.